The van der Waals surface area contributed by atoms with Gasteiger partial charge in [-0.25, -0.2) is 9.97 Å². The van der Waals surface area contributed by atoms with Crippen LogP contribution in [0.1, 0.15) is 13.8 Å². The van der Waals surface area contributed by atoms with Crippen LogP contribution in [0.4, 0.5) is 0 Å². The van der Waals surface area contributed by atoms with Crippen LogP contribution in [0.2, 0.25) is 0 Å². The number of nitrogens with zero attached hydrogens (tertiary/aromatic N) is 2. The van der Waals surface area contributed by atoms with Gasteiger partial charge in [-0.2, -0.15) is 0 Å². The van der Waals surface area contributed by atoms with Crippen LogP contribution in [0.3, 0.4) is 0 Å². The highest BCUT2D eigenvalue weighted by atomic mass is 16.5. The summed E-state index contributed by atoms with van der Waals surface area (Å²) in [6, 6.07) is 1.69. The Morgan fingerprint density at radius 2 is 2.28 bits per heavy atom. The van der Waals surface area contributed by atoms with Gasteiger partial charge in [-0.05, 0) is 13.8 Å². The van der Waals surface area contributed by atoms with E-state index in [-0.39, 0.29) is 12.2 Å². The van der Waals surface area contributed by atoms with E-state index >= 15 is 0 Å². The lowest BCUT2D eigenvalue weighted by Crippen LogP contribution is -2.41. The molecule has 0 bridgehead atoms. The van der Waals surface area contributed by atoms with Gasteiger partial charge < -0.3 is 19.5 Å². The first-order valence-corrected chi connectivity index (χ1v) is 6.18. The second-order valence-corrected chi connectivity index (χ2v) is 4.37. The first kappa shape index (κ1) is 13.0. The third-order valence-corrected chi connectivity index (χ3v) is 2.39. The number of hydrogen-bond acceptors (Lipinski definition) is 6. The number of morpholine rings is 1. The monoisotopic (exact) mass is 253 g/mol. The Bertz CT molecular complexity index is 367. The molecule has 0 radical (unpaired) electrons. The number of ether oxygens (including phenoxy) is 3. The van der Waals surface area contributed by atoms with E-state index < -0.39 is 0 Å². The van der Waals surface area contributed by atoms with Crippen molar-refractivity contribution in [2.75, 3.05) is 26.3 Å². The molecular formula is C12H19N3O3. The molecular weight excluding hydrogens is 234 g/mol. The zero-order chi connectivity index (χ0) is 12.8. The largest absolute Gasteiger partial charge is 0.475 e. The molecule has 0 aromatic carbocycles. The lowest BCUT2D eigenvalue weighted by molar-refractivity contribution is -0.000858. The van der Waals surface area contributed by atoms with E-state index in [2.05, 4.69) is 15.3 Å². The molecule has 2 rings (SSSR count). The predicted molar refractivity (Wildman–Crippen MR) is 65.9 cm³/mol. The molecule has 1 fully saturated rings. The Morgan fingerprint density at radius 3 is 3.00 bits per heavy atom. The molecule has 0 aliphatic carbocycles. The van der Waals surface area contributed by atoms with Gasteiger partial charge in [0.25, 0.3) is 0 Å². The smallest absolute Gasteiger partial charge is 0.220 e. The lowest BCUT2D eigenvalue weighted by Gasteiger charge is -2.23. The highest BCUT2D eigenvalue weighted by Gasteiger charge is 2.14. The maximum Gasteiger partial charge on any atom is 0.220 e. The fourth-order valence-electron chi connectivity index (χ4n) is 1.61. The van der Waals surface area contributed by atoms with Gasteiger partial charge in [-0.3, -0.25) is 0 Å². The first-order valence-electron chi connectivity index (χ1n) is 6.18. The van der Waals surface area contributed by atoms with Crippen LogP contribution < -0.4 is 14.8 Å². The van der Waals surface area contributed by atoms with Crippen LogP contribution in [0, 0.1) is 0 Å². The molecule has 1 unspecified atom stereocenters. The zero-order valence-corrected chi connectivity index (χ0v) is 10.8. The normalized spacial score (nSPS) is 19.8. The summed E-state index contributed by atoms with van der Waals surface area (Å²) >= 11 is 0. The third-order valence-electron chi connectivity index (χ3n) is 2.39. The standard InChI is InChI=1S/C12H19N3O3/c1-9(2)18-12-5-11(14-8-15-12)17-7-10-6-13-3-4-16-10/h5,8-10,13H,3-4,6-7H2,1-2H3. The number of nitrogens with one attached hydrogen (secondary N) is 1. The molecule has 1 saturated heterocycles. The van der Waals surface area contributed by atoms with Crippen LogP contribution in [0.15, 0.2) is 12.4 Å². The Labute approximate surface area is 107 Å². The van der Waals surface area contributed by atoms with Crippen molar-refractivity contribution in [2.24, 2.45) is 0 Å². The second-order valence-electron chi connectivity index (χ2n) is 4.37. The summed E-state index contributed by atoms with van der Waals surface area (Å²) in [5, 5.41) is 3.25. The van der Waals surface area contributed by atoms with Crippen LogP contribution in [0.25, 0.3) is 0 Å². The lowest BCUT2D eigenvalue weighted by atomic mass is 10.3. The van der Waals surface area contributed by atoms with Gasteiger partial charge in [0.15, 0.2) is 0 Å². The van der Waals surface area contributed by atoms with Crippen LogP contribution >= 0.6 is 0 Å². The fourth-order valence-corrected chi connectivity index (χ4v) is 1.61. The van der Waals surface area contributed by atoms with Crippen LogP contribution in [-0.4, -0.2) is 48.5 Å². The molecule has 1 N–H and O–H groups in total. The molecule has 1 aromatic heterocycles. The SMILES string of the molecule is CC(C)Oc1cc(OCC2CNCCO2)ncn1. The summed E-state index contributed by atoms with van der Waals surface area (Å²) in [4.78, 5) is 8.06. The van der Waals surface area contributed by atoms with Crippen molar-refractivity contribution in [2.45, 2.75) is 26.1 Å². The van der Waals surface area contributed by atoms with Crippen LogP contribution in [-0.2, 0) is 4.74 Å². The van der Waals surface area contributed by atoms with Crippen molar-refractivity contribution in [1.29, 1.82) is 0 Å². The molecule has 1 aliphatic rings. The minimum atomic E-state index is 0.0724. The van der Waals surface area contributed by atoms with Gasteiger partial charge in [0.2, 0.25) is 11.8 Å². The van der Waals surface area contributed by atoms with E-state index in [1.54, 1.807) is 6.07 Å². The predicted octanol–water partition coefficient (Wildman–Crippen LogP) is 0.631. The molecule has 0 saturated carbocycles. The Kier molecular flexibility index (Phi) is 4.72. The van der Waals surface area contributed by atoms with Gasteiger partial charge in [-0.15, -0.1) is 0 Å². The summed E-state index contributed by atoms with van der Waals surface area (Å²) in [6.07, 6.45) is 1.59. The average Bonchev–Trinajstić information content (AvgIpc) is 2.37. The Morgan fingerprint density at radius 1 is 1.44 bits per heavy atom. The minimum absolute atomic E-state index is 0.0724. The van der Waals surface area contributed by atoms with E-state index in [9.17, 15) is 0 Å². The summed E-state index contributed by atoms with van der Waals surface area (Å²) in [5.74, 6) is 1.03. The van der Waals surface area contributed by atoms with E-state index in [4.69, 9.17) is 14.2 Å². The van der Waals surface area contributed by atoms with Crippen molar-refractivity contribution in [3.05, 3.63) is 12.4 Å². The molecule has 18 heavy (non-hydrogen) atoms. The minimum Gasteiger partial charge on any atom is -0.475 e. The molecule has 1 atom stereocenters. The van der Waals surface area contributed by atoms with Gasteiger partial charge >= 0.3 is 0 Å². The Hall–Kier alpha value is -1.40. The van der Waals surface area contributed by atoms with Crippen molar-refractivity contribution in [1.82, 2.24) is 15.3 Å². The van der Waals surface area contributed by atoms with Gasteiger partial charge in [-0.1, -0.05) is 0 Å². The van der Waals surface area contributed by atoms with Gasteiger partial charge in [0.1, 0.15) is 19.0 Å². The summed E-state index contributed by atoms with van der Waals surface area (Å²) in [6.45, 7) is 6.80. The fraction of sp³-hybridized carbons (Fsp3) is 0.667. The molecule has 100 valence electrons. The van der Waals surface area contributed by atoms with Gasteiger partial charge in [0.05, 0.1) is 18.8 Å². The van der Waals surface area contributed by atoms with E-state index in [0.717, 1.165) is 19.7 Å². The maximum absolute atomic E-state index is 5.57. The highest BCUT2D eigenvalue weighted by molar-refractivity contribution is 5.18. The molecule has 0 amide bonds. The second kappa shape index (κ2) is 6.51. The zero-order valence-electron chi connectivity index (χ0n) is 10.8. The summed E-state index contributed by atoms with van der Waals surface area (Å²) in [5.41, 5.74) is 0. The van der Waals surface area contributed by atoms with Crippen LogP contribution in [0.5, 0.6) is 11.8 Å². The number of aromatic nitrogens is 2. The highest BCUT2D eigenvalue weighted by Crippen LogP contribution is 2.14. The maximum atomic E-state index is 5.57. The van der Waals surface area contributed by atoms with E-state index in [1.807, 2.05) is 13.8 Å². The van der Waals surface area contributed by atoms with E-state index in [1.165, 1.54) is 6.33 Å². The molecule has 6 nitrogen and oxygen atoms in total. The molecule has 6 heteroatoms. The van der Waals surface area contributed by atoms with Crippen molar-refractivity contribution < 1.29 is 14.2 Å². The van der Waals surface area contributed by atoms with Crippen molar-refractivity contribution in [3.63, 3.8) is 0 Å². The number of rotatable bonds is 5. The average molecular weight is 253 g/mol. The molecule has 1 aromatic rings. The topological polar surface area (TPSA) is 65.5 Å². The molecule has 0 spiro atoms. The quantitative estimate of drug-likeness (QED) is 0.830. The van der Waals surface area contributed by atoms with Crippen molar-refractivity contribution >= 4 is 0 Å². The van der Waals surface area contributed by atoms with Crippen molar-refractivity contribution in [3.8, 4) is 11.8 Å². The summed E-state index contributed by atoms with van der Waals surface area (Å²) < 4.78 is 16.6. The molecule has 1 aliphatic heterocycles. The Balaban J connectivity index is 1.84. The molecule has 2 heterocycles. The third kappa shape index (κ3) is 4.12. The summed E-state index contributed by atoms with van der Waals surface area (Å²) in [7, 11) is 0. The number of hydrogen-bond donors (Lipinski definition) is 1. The first-order chi connectivity index (χ1) is 8.74. The van der Waals surface area contributed by atoms with E-state index in [0.29, 0.717) is 18.4 Å². The van der Waals surface area contributed by atoms with Gasteiger partial charge in [0, 0.05) is 13.1 Å².